The van der Waals surface area contributed by atoms with Gasteiger partial charge in [0.2, 0.25) is 0 Å². The molecule has 0 unspecified atom stereocenters. The summed E-state index contributed by atoms with van der Waals surface area (Å²) < 4.78 is 8.15. The van der Waals surface area contributed by atoms with E-state index in [-0.39, 0.29) is 24.1 Å². The van der Waals surface area contributed by atoms with Crippen LogP contribution in [-0.4, -0.2) is 41.2 Å². The van der Waals surface area contributed by atoms with Crippen LogP contribution < -0.4 is 0 Å². The van der Waals surface area contributed by atoms with Crippen LogP contribution in [0.25, 0.3) is 10.9 Å². The number of benzene rings is 1. The van der Waals surface area contributed by atoms with Crippen LogP contribution in [0.4, 0.5) is 0 Å². The molecule has 1 N–H and O–H groups in total. The highest BCUT2D eigenvalue weighted by Gasteiger charge is 2.32. The van der Waals surface area contributed by atoms with Gasteiger partial charge in [0, 0.05) is 23.7 Å². The zero-order chi connectivity index (χ0) is 16.7. The lowest BCUT2D eigenvalue weighted by Crippen LogP contribution is -2.18. The number of halogens is 2. The summed E-state index contributed by atoms with van der Waals surface area (Å²) in [6, 6.07) is 3.97. The molecule has 24 heavy (non-hydrogen) atoms. The van der Waals surface area contributed by atoms with Crippen molar-refractivity contribution in [3.05, 3.63) is 27.9 Å². The summed E-state index contributed by atoms with van der Waals surface area (Å²) in [5, 5.41) is 10.8. The number of phenols is 1. The highest BCUT2D eigenvalue weighted by atomic mass is 79.9. The molecule has 1 aromatic carbocycles. The first kappa shape index (κ1) is 19.1. The van der Waals surface area contributed by atoms with E-state index in [2.05, 4.69) is 20.5 Å². The minimum absolute atomic E-state index is 0. The summed E-state index contributed by atoms with van der Waals surface area (Å²) in [6.45, 7) is 2.79. The Morgan fingerprint density at radius 2 is 2.08 bits per heavy atom. The number of carbonyl (C=O) groups excluding carboxylic acids is 1. The number of aromatic nitrogens is 1. The van der Waals surface area contributed by atoms with Gasteiger partial charge in [0.1, 0.15) is 5.75 Å². The van der Waals surface area contributed by atoms with Gasteiger partial charge in [-0.25, -0.2) is 4.79 Å². The summed E-state index contributed by atoms with van der Waals surface area (Å²) in [5.41, 5.74) is 2.51. The van der Waals surface area contributed by atoms with E-state index in [0.29, 0.717) is 29.2 Å². The van der Waals surface area contributed by atoms with Crippen molar-refractivity contribution < 1.29 is 14.6 Å². The smallest absolute Gasteiger partial charge is 0.340 e. The van der Waals surface area contributed by atoms with Gasteiger partial charge in [0.05, 0.1) is 22.2 Å². The molecule has 0 radical (unpaired) electrons. The average Bonchev–Trinajstić information content (AvgIpc) is 3.24. The van der Waals surface area contributed by atoms with Crippen molar-refractivity contribution in [2.75, 3.05) is 20.7 Å². The lowest BCUT2D eigenvalue weighted by Gasteiger charge is -2.15. The number of phenolic OH excluding ortho intramolecular Hbond substituents is 1. The zero-order valence-corrected chi connectivity index (χ0v) is 16.4. The molecule has 0 atom stereocenters. The molecule has 5 nitrogen and oxygen atoms in total. The fourth-order valence-corrected chi connectivity index (χ4v) is 3.34. The largest absolute Gasteiger partial charge is 0.507 e. The molecule has 1 aliphatic carbocycles. The second kappa shape index (κ2) is 7.33. The fourth-order valence-electron chi connectivity index (χ4n) is 3.01. The number of ether oxygens (including phenoxy) is 1. The Bertz CT molecular complexity index is 769. The Hall–Kier alpha value is -1.24. The SMILES string of the molecule is CCOC(=O)c1c(CN(C)C)n(C2CC2)c2cc(Br)c(O)cc12.Cl. The van der Waals surface area contributed by atoms with Crippen molar-refractivity contribution in [2.45, 2.75) is 32.4 Å². The van der Waals surface area contributed by atoms with Crippen LogP contribution in [0, 0.1) is 0 Å². The average molecular weight is 418 g/mol. The highest BCUT2D eigenvalue weighted by molar-refractivity contribution is 9.10. The lowest BCUT2D eigenvalue weighted by atomic mass is 10.1. The predicted octanol–water partition coefficient (Wildman–Crippen LogP) is 4.10. The van der Waals surface area contributed by atoms with Crippen molar-refractivity contribution >= 4 is 45.2 Å². The van der Waals surface area contributed by atoms with E-state index < -0.39 is 0 Å². The molecule has 1 saturated carbocycles. The minimum Gasteiger partial charge on any atom is -0.507 e. The standard InChI is InChI=1S/C17H21BrN2O3.ClH/c1-4-23-17(22)16-11-7-15(21)12(18)8-13(11)20(10-5-6-10)14(16)9-19(2)3;/h7-8,10,21H,4-6,9H2,1-3H3;1H. The van der Waals surface area contributed by atoms with Crippen LogP contribution in [0.1, 0.15) is 41.9 Å². The van der Waals surface area contributed by atoms with E-state index in [4.69, 9.17) is 4.74 Å². The molecule has 1 aliphatic rings. The number of hydrogen-bond acceptors (Lipinski definition) is 4. The molecular weight excluding hydrogens is 396 g/mol. The van der Waals surface area contributed by atoms with Crippen LogP contribution in [0.15, 0.2) is 16.6 Å². The maximum atomic E-state index is 12.6. The van der Waals surface area contributed by atoms with Crippen molar-refractivity contribution in [3.8, 4) is 5.75 Å². The molecule has 132 valence electrons. The van der Waals surface area contributed by atoms with E-state index >= 15 is 0 Å². The second-order valence-corrected chi connectivity index (χ2v) is 7.06. The Labute approximate surface area is 156 Å². The van der Waals surface area contributed by atoms with Crippen LogP contribution in [0.3, 0.4) is 0 Å². The molecule has 0 aliphatic heterocycles. The molecule has 0 spiro atoms. The van der Waals surface area contributed by atoms with Gasteiger partial charge in [-0.2, -0.15) is 0 Å². The van der Waals surface area contributed by atoms with Gasteiger partial charge in [-0.05, 0) is 61.9 Å². The molecule has 0 saturated heterocycles. The molecule has 3 rings (SSSR count). The molecule has 1 heterocycles. The third kappa shape index (κ3) is 3.41. The maximum Gasteiger partial charge on any atom is 0.340 e. The Kier molecular flexibility index (Phi) is 5.83. The molecule has 1 aromatic heterocycles. The van der Waals surface area contributed by atoms with Gasteiger partial charge in [-0.3, -0.25) is 0 Å². The Morgan fingerprint density at radius 3 is 2.62 bits per heavy atom. The third-order valence-corrected chi connectivity index (χ3v) is 4.67. The van der Waals surface area contributed by atoms with E-state index in [1.165, 1.54) is 0 Å². The summed E-state index contributed by atoms with van der Waals surface area (Å²) >= 11 is 3.38. The summed E-state index contributed by atoms with van der Waals surface area (Å²) in [7, 11) is 3.97. The highest BCUT2D eigenvalue weighted by Crippen LogP contribution is 2.44. The predicted molar refractivity (Wildman–Crippen MR) is 100 cm³/mol. The quantitative estimate of drug-likeness (QED) is 0.744. The number of nitrogens with zero attached hydrogens (tertiary/aromatic N) is 2. The monoisotopic (exact) mass is 416 g/mol. The number of hydrogen-bond donors (Lipinski definition) is 1. The van der Waals surface area contributed by atoms with E-state index in [0.717, 1.165) is 29.4 Å². The number of fused-ring (bicyclic) bond motifs is 1. The lowest BCUT2D eigenvalue weighted by molar-refractivity contribution is 0.0526. The Morgan fingerprint density at radius 1 is 1.42 bits per heavy atom. The topological polar surface area (TPSA) is 54.7 Å². The van der Waals surface area contributed by atoms with Gasteiger partial charge < -0.3 is 19.3 Å². The van der Waals surface area contributed by atoms with Crippen molar-refractivity contribution in [2.24, 2.45) is 0 Å². The van der Waals surface area contributed by atoms with Crippen molar-refractivity contribution in [1.82, 2.24) is 9.47 Å². The number of carbonyl (C=O) groups is 1. The zero-order valence-electron chi connectivity index (χ0n) is 14.0. The Balaban J connectivity index is 0.00000208. The van der Waals surface area contributed by atoms with E-state index in [1.807, 2.05) is 25.1 Å². The van der Waals surface area contributed by atoms with Gasteiger partial charge >= 0.3 is 5.97 Å². The first-order valence-corrected chi connectivity index (χ1v) is 8.60. The van der Waals surface area contributed by atoms with Crippen molar-refractivity contribution in [3.63, 3.8) is 0 Å². The molecule has 1 fully saturated rings. The first-order chi connectivity index (χ1) is 10.9. The molecule has 2 aromatic rings. The number of esters is 1. The summed E-state index contributed by atoms with van der Waals surface area (Å²) in [6.07, 6.45) is 2.23. The molecule has 0 amide bonds. The van der Waals surface area contributed by atoms with Gasteiger partial charge in [0.25, 0.3) is 0 Å². The van der Waals surface area contributed by atoms with Crippen LogP contribution in [0.5, 0.6) is 5.75 Å². The van der Waals surface area contributed by atoms with Crippen molar-refractivity contribution in [1.29, 1.82) is 0 Å². The molecular formula is C17H22BrClN2O3. The molecule has 0 bridgehead atoms. The van der Waals surface area contributed by atoms with E-state index in [1.54, 1.807) is 13.0 Å². The third-order valence-electron chi connectivity index (χ3n) is 4.03. The summed E-state index contributed by atoms with van der Waals surface area (Å²) in [5.74, 6) is -0.192. The van der Waals surface area contributed by atoms with Crippen LogP contribution in [0.2, 0.25) is 0 Å². The van der Waals surface area contributed by atoms with Gasteiger partial charge in [-0.15, -0.1) is 12.4 Å². The number of aromatic hydroxyl groups is 1. The van der Waals surface area contributed by atoms with Gasteiger partial charge in [-0.1, -0.05) is 0 Å². The van der Waals surface area contributed by atoms with Crippen LogP contribution >= 0.6 is 28.3 Å². The normalized spacial score (nSPS) is 14.0. The molecule has 7 heteroatoms. The fraction of sp³-hybridized carbons (Fsp3) is 0.471. The minimum atomic E-state index is -0.324. The van der Waals surface area contributed by atoms with E-state index in [9.17, 15) is 9.90 Å². The first-order valence-electron chi connectivity index (χ1n) is 7.81. The second-order valence-electron chi connectivity index (χ2n) is 6.20. The number of rotatable bonds is 5. The van der Waals surface area contributed by atoms with Gasteiger partial charge in [0.15, 0.2) is 0 Å². The maximum absolute atomic E-state index is 12.6. The van der Waals surface area contributed by atoms with Crippen LogP contribution in [-0.2, 0) is 11.3 Å². The summed E-state index contributed by atoms with van der Waals surface area (Å²) in [4.78, 5) is 14.6.